The van der Waals surface area contributed by atoms with E-state index >= 15 is 0 Å². The van der Waals surface area contributed by atoms with Crippen LogP contribution in [0.5, 0.6) is 0 Å². The van der Waals surface area contributed by atoms with Gasteiger partial charge in [0.15, 0.2) is 0 Å². The van der Waals surface area contributed by atoms with Crippen LogP contribution in [0.4, 0.5) is 0 Å². The van der Waals surface area contributed by atoms with Gasteiger partial charge in [0, 0.05) is 37.9 Å². The maximum Gasteiger partial charge on any atom is 0.306 e. The van der Waals surface area contributed by atoms with Crippen LogP contribution in [-0.4, -0.2) is 82.5 Å². The number of likely N-dealkylation sites (tertiary alicyclic amines) is 1. The number of aliphatic hydroxyl groups excluding tert-OH is 1. The lowest BCUT2D eigenvalue weighted by molar-refractivity contribution is -0.142. The number of aliphatic hydroxyl groups is 1. The second-order valence-corrected chi connectivity index (χ2v) is 11.8. The molecule has 4 amide bonds. The van der Waals surface area contributed by atoms with Crippen LogP contribution in [0.15, 0.2) is 29.8 Å². The van der Waals surface area contributed by atoms with Crippen molar-refractivity contribution in [1.29, 1.82) is 0 Å². The van der Waals surface area contributed by atoms with Crippen molar-refractivity contribution in [2.45, 2.75) is 84.2 Å². The fourth-order valence-corrected chi connectivity index (χ4v) is 5.80. The first kappa shape index (κ1) is 33.7. The number of hydrogen-bond donors (Lipinski definition) is 4. The molecular weight excluding hydrogens is 574 g/mol. The molecule has 0 bridgehead atoms. The average Bonchev–Trinajstić information content (AvgIpc) is 3.59. The Bertz CT molecular complexity index is 1300. The molecule has 13 heteroatoms. The number of esters is 1. The van der Waals surface area contributed by atoms with Crippen molar-refractivity contribution < 1.29 is 33.8 Å². The number of hydrogen-bond acceptors (Lipinski definition) is 9. The Morgan fingerprint density at radius 1 is 1.09 bits per heavy atom. The third-order valence-corrected chi connectivity index (χ3v) is 8.35. The van der Waals surface area contributed by atoms with E-state index in [2.05, 4.69) is 25.7 Å². The number of thiazole rings is 1. The Labute approximate surface area is 255 Å². The van der Waals surface area contributed by atoms with Crippen molar-refractivity contribution in [3.63, 3.8) is 0 Å². The predicted molar refractivity (Wildman–Crippen MR) is 160 cm³/mol. The SMILES string of the molecule is COC(=O)CCC(=O)NC(C)CC(C)C(=O)NC(C)C(=O)N1C[C@@H](O)C[C@H]1C(=O)NCc1ccc(-c2scnc2C)cc1. The number of amides is 4. The molecule has 0 aliphatic carbocycles. The van der Waals surface area contributed by atoms with Crippen molar-refractivity contribution in [3.8, 4) is 10.4 Å². The smallest absolute Gasteiger partial charge is 0.306 e. The number of aryl methyl sites for hydroxylation is 1. The highest BCUT2D eigenvalue weighted by Crippen LogP contribution is 2.27. The molecule has 1 aliphatic rings. The molecule has 12 nitrogen and oxygen atoms in total. The highest BCUT2D eigenvalue weighted by Gasteiger charge is 2.40. The van der Waals surface area contributed by atoms with Crippen LogP contribution in [0.25, 0.3) is 10.4 Å². The first-order chi connectivity index (χ1) is 20.4. The van der Waals surface area contributed by atoms with E-state index in [9.17, 15) is 29.1 Å². The van der Waals surface area contributed by atoms with Gasteiger partial charge < -0.3 is 30.7 Å². The van der Waals surface area contributed by atoms with Gasteiger partial charge >= 0.3 is 5.97 Å². The van der Waals surface area contributed by atoms with Gasteiger partial charge in [0.05, 0.1) is 35.7 Å². The molecule has 0 saturated carbocycles. The van der Waals surface area contributed by atoms with E-state index in [1.165, 1.54) is 18.9 Å². The number of carbonyl (C=O) groups is 5. The summed E-state index contributed by atoms with van der Waals surface area (Å²) >= 11 is 1.57. The molecule has 1 saturated heterocycles. The number of ether oxygens (including phenoxy) is 1. The Hall–Kier alpha value is -3.84. The minimum atomic E-state index is -0.928. The van der Waals surface area contributed by atoms with Gasteiger partial charge in [0.1, 0.15) is 12.1 Å². The lowest BCUT2D eigenvalue weighted by Gasteiger charge is -2.28. The number of methoxy groups -OCH3 is 1. The number of rotatable bonds is 13. The normalized spacial score (nSPS) is 18.3. The van der Waals surface area contributed by atoms with Crippen molar-refractivity contribution >= 4 is 40.9 Å². The van der Waals surface area contributed by atoms with Crippen LogP contribution >= 0.6 is 11.3 Å². The van der Waals surface area contributed by atoms with Crippen molar-refractivity contribution in [2.75, 3.05) is 13.7 Å². The third-order valence-electron chi connectivity index (χ3n) is 7.37. The van der Waals surface area contributed by atoms with Crippen molar-refractivity contribution in [3.05, 3.63) is 41.0 Å². The molecule has 5 atom stereocenters. The summed E-state index contributed by atoms with van der Waals surface area (Å²) in [6.07, 6.45) is -0.484. The van der Waals surface area contributed by atoms with Gasteiger partial charge in [-0.1, -0.05) is 31.2 Å². The maximum absolute atomic E-state index is 13.3. The standard InChI is InChI=1S/C30H41N5O7S/c1-17(12-18(2)33-25(37)10-11-26(38)42-5)28(39)34-20(4)30(41)35-15-23(36)13-24(35)29(40)31-14-21-6-8-22(9-7-21)27-19(3)32-16-43-27/h6-9,16-18,20,23-24,36H,10-15H2,1-5H3,(H,31,40)(H,33,37)(H,34,39)/t17?,18?,20?,23-,24-/m0/s1. The van der Waals surface area contributed by atoms with Crippen LogP contribution in [0.3, 0.4) is 0 Å². The Morgan fingerprint density at radius 3 is 2.42 bits per heavy atom. The highest BCUT2D eigenvalue weighted by molar-refractivity contribution is 7.13. The maximum atomic E-state index is 13.3. The molecule has 0 radical (unpaired) electrons. The van der Waals surface area contributed by atoms with Crippen LogP contribution in [0.2, 0.25) is 0 Å². The lowest BCUT2D eigenvalue weighted by Crippen LogP contribution is -2.53. The molecule has 1 aromatic carbocycles. The Kier molecular flexibility index (Phi) is 12.2. The number of aromatic nitrogens is 1. The molecule has 234 valence electrons. The summed E-state index contributed by atoms with van der Waals surface area (Å²) < 4.78 is 4.53. The van der Waals surface area contributed by atoms with Gasteiger partial charge in [-0.05, 0) is 38.3 Å². The van der Waals surface area contributed by atoms with Gasteiger partial charge in [0.2, 0.25) is 23.6 Å². The van der Waals surface area contributed by atoms with Crippen LogP contribution in [-0.2, 0) is 35.3 Å². The van der Waals surface area contributed by atoms with Crippen molar-refractivity contribution in [2.24, 2.45) is 5.92 Å². The zero-order valence-corrected chi connectivity index (χ0v) is 26.0. The van der Waals surface area contributed by atoms with Crippen molar-refractivity contribution in [1.82, 2.24) is 25.8 Å². The Morgan fingerprint density at radius 2 is 1.79 bits per heavy atom. The molecule has 0 spiro atoms. The van der Waals surface area contributed by atoms with E-state index in [4.69, 9.17) is 0 Å². The van der Waals surface area contributed by atoms with E-state index in [0.717, 1.165) is 21.7 Å². The minimum absolute atomic E-state index is 0.00970. The molecule has 3 rings (SSSR count). The molecule has 43 heavy (non-hydrogen) atoms. The highest BCUT2D eigenvalue weighted by atomic mass is 32.1. The largest absolute Gasteiger partial charge is 0.469 e. The predicted octanol–water partition coefficient (Wildman–Crippen LogP) is 1.69. The van der Waals surface area contributed by atoms with Crippen LogP contribution < -0.4 is 16.0 Å². The fraction of sp³-hybridized carbons (Fsp3) is 0.533. The molecule has 4 N–H and O–H groups in total. The monoisotopic (exact) mass is 615 g/mol. The topological polar surface area (TPSA) is 167 Å². The van der Waals surface area contributed by atoms with Gasteiger partial charge in [-0.15, -0.1) is 11.3 Å². The van der Waals surface area contributed by atoms with E-state index in [1.54, 1.807) is 30.7 Å². The average molecular weight is 616 g/mol. The van der Waals surface area contributed by atoms with E-state index in [-0.39, 0.29) is 56.1 Å². The van der Waals surface area contributed by atoms with Crippen LogP contribution in [0.1, 0.15) is 57.7 Å². The number of nitrogens with zero attached hydrogens (tertiary/aromatic N) is 2. The zero-order valence-electron chi connectivity index (χ0n) is 25.2. The molecule has 2 aromatic rings. The molecule has 1 aromatic heterocycles. The number of carbonyl (C=O) groups excluding carboxylic acids is 5. The summed E-state index contributed by atoms with van der Waals surface area (Å²) in [6.45, 7) is 7.18. The van der Waals surface area contributed by atoms with Gasteiger partial charge in [-0.2, -0.15) is 0 Å². The van der Waals surface area contributed by atoms with E-state index < -0.39 is 36.0 Å². The minimum Gasteiger partial charge on any atom is -0.469 e. The summed E-state index contributed by atoms with van der Waals surface area (Å²) in [5.41, 5.74) is 4.70. The zero-order chi connectivity index (χ0) is 31.7. The summed E-state index contributed by atoms with van der Waals surface area (Å²) in [6, 6.07) is 5.67. The van der Waals surface area contributed by atoms with Gasteiger partial charge in [-0.25, -0.2) is 4.98 Å². The summed E-state index contributed by atoms with van der Waals surface area (Å²) in [5, 5.41) is 18.6. The molecule has 1 fully saturated rings. The number of nitrogens with one attached hydrogen (secondary N) is 3. The van der Waals surface area contributed by atoms with Gasteiger partial charge in [0.25, 0.3) is 0 Å². The molecule has 1 aliphatic heterocycles. The Balaban J connectivity index is 1.49. The van der Waals surface area contributed by atoms with E-state index in [1.807, 2.05) is 31.2 Å². The van der Waals surface area contributed by atoms with Gasteiger partial charge in [-0.3, -0.25) is 24.0 Å². The summed E-state index contributed by atoms with van der Waals surface area (Å²) in [7, 11) is 1.25. The molecule has 3 unspecified atom stereocenters. The summed E-state index contributed by atoms with van der Waals surface area (Å²) in [4.78, 5) is 69.1. The quantitative estimate of drug-likeness (QED) is 0.247. The lowest BCUT2D eigenvalue weighted by atomic mass is 10.0. The summed E-state index contributed by atoms with van der Waals surface area (Å²) in [5.74, 6) is -2.56. The first-order valence-corrected chi connectivity index (χ1v) is 15.2. The number of benzene rings is 1. The molecular formula is C30H41N5O7S. The second-order valence-electron chi connectivity index (χ2n) is 11.0. The second kappa shape index (κ2) is 15.6. The number of β-amino-alcohol motifs (C(OH)–C–C–N with tert-alkyl or cyclic N) is 1. The first-order valence-electron chi connectivity index (χ1n) is 14.3. The van der Waals surface area contributed by atoms with E-state index in [0.29, 0.717) is 6.42 Å². The fourth-order valence-electron chi connectivity index (χ4n) is 4.99. The third kappa shape index (κ3) is 9.58. The molecule has 2 heterocycles. The van der Waals surface area contributed by atoms with Crippen LogP contribution in [0, 0.1) is 12.8 Å².